The van der Waals surface area contributed by atoms with Crippen molar-refractivity contribution in [2.75, 3.05) is 19.8 Å². The number of nitrogens with one attached hydrogen (secondary N) is 1. The molecule has 1 N–H and O–H groups in total. The Hall–Kier alpha value is 0.0700. The molecule has 0 aromatic heterocycles. The van der Waals surface area contributed by atoms with E-state index in [0.717, 1.165) is 0 Å². The van der Waals surface area contributed by atoms with Crippen molar-refractivity contribution < 1.29 is 18.1 Å². The lowest BCUT2D eigenvalue weighted by atomic mass is 10.1. The second-order valence-electron chi connectivity index (χ2n) is 2.55. The summed E-state index contributed by atoms with van der Waals surface area (Å²) >= 11 is 0. The molecule has 0 aliphatic carbocycles. The van der Waals surface area contributed by atoms with Gasteiger partial charge in [-0.15, -0.1) is 0 Å². The van der Waals surface area contributed by atoms with Crippen LogP contribution in [0.5, 0.6) is 0 Å². The Morgan fingerprint density at radius 2 is 1.60 bits per heavy atom. The van der Waals surface area contributed by atoms with Gasteiger partial charge in [0, 0.05) is 0 Å². The zero-order valence-electron chi connectivity index (χ0n) is 5.20. The van der Waals surface area contributed by atoms with Gasteiger partial charge in [0.15, 0.2) is 0 Å². The molecule has 3 aliphatic heterocycles. The average molecular weight is 164 g/mol. The van der Waals surface area contributed by atoms with Crippen molar-refractivity contribution >= 4 is 7.82 Å². The number of fused-ring (bicyclic) bond motifs is 3. The third-order valence-electron chi connectivity index (χ3n) is 1.50. The lowest BCUT2D eigenvalue weighted by Crippen LogP contribution is -2.52. The summed E-state index contributed by atoms with van der Waals surface area (Å²) in [6, 6.07) is 0. The third kappa shape index (κ3) is 0.909. The highest BCUT2D eigenvalue weighted by atomic mass is 31.2. The fraction of sp³-hybridized carbons (Fsp3) is 1.00. The topological polar surface area (TPSA) is 68.6 Å². The highest BCUT2D eigenvalue weighted by Crippen LogP contribution is 2.57. The molecule has 1 radical (unpaired) electrons. The molecule has 0 aromatic carbocycles. The molecule has 3 heterocycles. The van der Waals surface area contributed by atoms with Crippen molar-refractivity contribution in [3.05, 3.63) is 0 Å². The van der Waals surface area contributed by atoms with Crippen LogP contribution >= 0.6 is 7.82 Å². The van der Waals surface area contributed by atoms with Gasteiger partial charge >= 0.3 is 7.82 Å². The molecule has 10 heavy (non-hydrogen) atoms. The summed E-state index contributed by atoms with van der Waals surface area (Å²) in [5.41, 5.74) is 6.67. The maximum atomic E-state index is 11.0. The van der Waals surface area contributed by atoms with Crippen molar-refractivity contribution in [2.45, 2.75) is 5.54 Å². The molecule has 3 rings (SSSR count). The Bertz CT molecular complexity index is 174. The molecule has 0 spiro atoms. The Balaban J connectivity index is 2.24. The molecule has 0 aromatic rings. The van der Waals surface area contributed by atoms with Gasteiger partial charge in [-0.1, -0.05) is 0 Å². The molecule has 2 bridgehead atoms. The summed E-state index contributed by atoms with van der Waals surface area (Å²) in [5.74, 6) is 0. The van der Waals surface area contributed by atoms with E-state index in [0.29, 0.717) is 0 Å². The quantitative estimate of drug-likeness (QED) is 0.479. The van der Waals surface area contributed by atoms with Crippen LogP contribution in [0.25, 0.3) is 0 Å². The summed E-state index contributed by atoms with van der Waals surface area (Å²) in [6.07, 6.45) is 0. The zero-order valence-corrected chi connectivity index (χ0v) is 6.10. The van der Waals surface area contributed by atoms with Gasteiger partial charge in [-0.25, -0.2) is 10.3 Å². The van der Waals surface area contributed by atoms with Gasteiger partial charge in [0.05, 0.1) is 19.8 Å². The normalized spacial score (nSPS) is 53.3. The highest BCUT2D eigenvalue weighted by molar-refractivity contribution is 7.48. The maximum Gasteiger partial charge on any atom is 0.474 e. The largest absolute Gasteiger partial charge is 0.474 e. The summed E-state index contributed by atoms with van der Waals surface area (Å²) in [4.78, 5) is 0. The molecule has 3 fully saturated rings. The van der Waals surface area contributed by atoms with Gasteiger partial charge in [0.25, 0.3) is 0 Å². The second kappa shape index (κ2) is 1.81. The number of rotatable bonds is 0. The Kier molecular flexibility index (Phi) is 1.22. The molecule has 0 saturated carbocycles. The van der Waals surface area contributed by atoms with Gasteiger partial charge in [-0.2, -0.15) is 0 Å². The van der Waals surface area contributed by atoms with Crippen molar-refractivity contribution in [2.24, 2.45) is 0 Å². The first-order valence-electron chi connectivity index (χ1n) is 2.91. The van der Waals surface area contributed by atoms with Crippen molar-refractivity contribution in [3.63, 3.8) is 0 Å². The number of hydrogen-bond donors (Lipinski definition) is 0. The predicted octanol–water partition coefficient (Wildman–Crippen LogP) is 0.193. The third-order valence-corrected chi connectivity index (χ3v) is 2.83. The van der Waals surface area contributed by atoms with E-state index in [9.17, 15) is 4.57 Å². The molecule has 0 amide bonds. The van der Waals surface area contributed by atoms with Crippen LogP contribution in [0, 0.1) is 0 Å². The molecule has 6 heteroatoms. The Morgan fingerprint density at radius 1 is 1.20 bits per heavy atom. The average Bonchev–Trinajstić information content (AvgIpc) is 1.93. The number of phosphoric acid groups is 1. The van der Waals surface area contributed by atoms with Gasteiger partial charge in [0.1, 0.15) is 5.54 Å². The van der Waals surface area contributed by atoms with Crippen molar-refractivity contribution in [3.8, 4) is 0 Å². The highest BCUT2D eigenvalue weighted by Gasteiger charge is 2.48. The van der Waals surface area contributed by atoms with Gasteiger partial charge < -0.3 is 0 Å². The summed E-state index contributed by atoms with van der Waals surface area (Å²) < 4.78 is 25.1. The van der Waals surface area contributed by atoms with E-state index in [1.165, 1.54) is 0 Å². The van der Waals surface area contributed by atoms with E-state index >= 15 is 0 Å². The van der Waals surface area contributed by atoms with Crippen LogP contribution in [0.1, 0.15) is 0 Å². The summed E-state index contributed by atoms with van der Waals surface area (Å²) in [7, 11) is -3.19. The van der Waals surface area contributed by atoms with Crippen LogP contribution < -0.4 is 5.73 Å². The van der Waals surface area contributed by atoms with E-state index in [-0.39, 0.29) is 19.8 Å². The van der Waals surface area contributed by atoms with Gasteiger partial charge in [-0.05, 0) is 0 Å². The molecular formula is C4H7NO4P. The standard InChI is InChI=1S/C4H7NO4P/c5-4-1-7-10(6,8-2-4)9-3-4/h5H,1-3H2. The minimum absolute atomic E-state index is 0.157. The lowest BCUT2D eigenvalue weighted by molar-refractivity contribution is -0.0504. The van der Waals surface area contributed by atoms with E-state index in [4.69, 9.17) is 19.3 Å². The summed E-state index contributed by atoms with van der Waals surface area (Å²) in [5, 5.41) is 0. The molecule has 0 atom stereocenters. The maximum absolute atomic E-state index is 11.0. The van der Waals surface area contributed by atoms with Crippen LogP contribution in [0.3, 0.4) is 0 Å². The second-order valence-corrected chi connectivity index (χ2v) is 4.22. The Morgan fingerprint density at radius 3 is 1.90 bits per heavy atom. The minimum atomic E-state index is -3.19. The first kappa shape index (κ1) is 6.76. The van der Waals surface area contributed by atoms with Crippen LogP contribution in [0.2, 0.25) is 0 Å². The van der Waals surface area contributed by atoms with Crippen LogP contribution in [0.15, 0.2) is 0 Å². The van der Waals surface area contributed by atoms with Crippen molar-refractivity contribution in [1.29, 1.82) is 0 Å². The van der Waals surface area contributed by atoms with E-state index in [2.05, 4.69) is 0 Å². The fourth-order valence-corrected chi connectivity index (χ4v) is 2.28. The first-order valence-corrected chi connectivity index (χ1v) is 4.37. The molecular weight excluding hydrogens is 157 g/mol. The van der Waals surface area contributed by atoms with Gasteiger partial charge in [-0.3, -0.25) is 13.6 Å². The van der Waals surface area contributed by atoms with Crippen LogP contribution in [0.4, 0.5) is 0 Å². The smallest absolute Gasteiger partial charge is 0.285 e. The summed E-state index contributed by atoms with van der Waals surface area (Å²) in [6.45, 7) is 0.471. The fourth-order valence-electron chi connectivity index (χ4n) is 0.845. The molecule has 3 saturated heterocycles. The van der Waals surface area contributed by atoms with Crippen LogP contribution in [-0.4, -0.2) is 25.4 Å². The number of phosphoric ester groups is 1. The van der Waals surface area contributed by atoms with E-state index < -0.39 is 13.4 Å². The minimum Gasteiger partial charge on any atom is -0.285 e. The molecule has 0 unspecified atom stereocenters. The van der Waals surface area contributed by atoms with E-state index in [1.54, 1.807) is 0 Å². The monoisotopic (exact) mass is 164 g/mol. The molecule has 3 aliphatic rings. The van der Waals surface area contributed by atoms with Gasteiger partial charge in [0.2, 0.25) is 0 Å². The predicted molar refractivity (Wildman–Crippen MR) is 31.3 cm³/mol. The SMILES string of the molecule is [NH]C12COP(=O)(OC1)OC2. The zero-order chi connectivity index (χ0) is 7.24. The molecule has 5 nitrogen and oxygen atoms in total. The van der Waals surface area contributed by atoms with E-state index in [1.807, 2.05) is 0 Å². The lowest BCUT2D eigenvalue weighted by Gasteiger charge is -2.40. The van der Waals surface area contributed by atoms with Crippen LogP contribution in [-0.2, 0) is 18.1 Å². The Labute approximate surface area is 58.1 Å². The number of hydrogen-bond acceptors (Lipinski definition) is 4. The molecule has 57 valence electrons. The first-order chi connectivity index (χ1) is 4.62. The van der Waals surface area contributed by atoms with Crippen molar-refractivity contribution in [1.82, 2.24) is 5.73 Å².